The van der Waals surface area contributed by atoms with Crippen molar-refractivity contribution in [1.29, 1.82) is 0 Å². The third kappa shape index (κ3) is 3.90. The number of hydrogen-bond donors (Lipinski definition) is 2. The van der Waals surface area contributed by atoms with Crippen LogP contribution in [0.2, 0.25) is 0 Å². The van der Waals surface area contributed by atoms with Crippen molar-refractivity contribution in [3.63, 3.8) is 0 Å². The molecule has 6 heteroatoms. The van der Waals surface area contributed by atoms with Crippen molar-refractivity contribution in [3.05, 3.63) is 33.9 Å². The molecule has 0 radical (unpaired) electrons. The van der Waals surface area contributed by atoms with Crippen LogP contribution in [0.15, 0.2) is 18.2 Å². The summed E-state index contributed by atoms with van der Waals surface area (Å²) in [6.07, 6.45) is 1.63. The molecule has 1 unspecified atom stereocenters. The molecule has 0 spiro atoms. The van der Waals surface area contributed by atoms with E-state index in [1.807, 2.05) is 0 Å². The zero-order chi connectivity index (χ0) is 13.8. The smallest absolute Gasteiger partial charge is 0.311 e. The Bertz CT molecular complexity index is 460. The minimum absolute atomic E-state index is 0.0470. The first-order chi connectivity index (χ1) is 9.08. The number of ether oxygens (including phenoxy) is 1. The molecule has 1 aromatic rings. The average molecular weight is 266 g/mol. The molecule has 1 atom stereocenters. The van der Waals surface area contributed by atoms with Crippen molar-refractivity contribution in [2.45, 2.75) is 31.9 Å². The molecule has 0 bridgehead atoms. The molecule has 6 nitrogen and oxygen atoms in total. The van der Waals surface area contributed by atoms with E-state index in [1.165, 1.54) is 6.07 Å². The van der Waals surface area contributed by atoms with Crippen LogP contribution in [-0.4, -0.2) is 35.3 Å². The standard InChI is InChI=1S/C13H18N2O4/c1-9-3-2-4-12(15(17)18)13(9)19-8-11(16)7-14-10-5-6-10/h2-4,10-11,14,16H,5-8H2,1H3. The van der Waals surface area contributed by atoms with E-state index in [9.17, 15) is 15.2 Å². The van der Waals surface area contributed by atoms with Crippen LogP contribution >= 0.6 is 0 Å². The molecule has 1 saturated carbocycles. The first-order valence-corrected chi connectivity index (χ1v) is 6.36. The number of hydrogen-bond acceptors (Lipinski definition) is 5. The van der Waals surface area contributed by atoms with Gasteiger partial charge in [-0.2, -0.15) is 0 Å². The Hall–Kier alpha value is -1.66. The van der Waals surface area contributed by atoms with E-state index in [1.54, 1.807) is 19.1 Å². The van der Waals surface area contributed by atoms with Gasteiger partial charge in [0.15, 0.2) is 5.75 Å². The van der Waals surface area contributed by atoms with Gasteiger partial charge in [0.2, 0.25) is 0 Å². The molecule has 0 amide bonds. The van der Waals surface area contributed by atoms with E-state index in [4.69, 9.17) is 4.74 Å². The van der Waals surface area contributed by atoms with Crippen LogP contribution in [0.4, 0.5) is 5.69 Å². The lowest BCUT2D eigenvalue weighted by Gasteiger charge is -2.14. The number of aliphatic hydroxyl groups excluding tert-OH is 1. The number of rotatable bonds is 7. The van der Waals surface area contributed by atoms with Crippen molar-refractivity contribution in [1.82, 2.24) is 5.32 Å². The molecule has 2 N–H and O–H groups in total. The van der Waals surface area contributed by atoms with Crippen LogP contribution in [0.1, 0.15) is 18.4 Å². The van der Waals surface area contributed by atoms with Gasteiger partial charge >= 0.3 is 5.69 Å². The van der Waals surface area contributed by atoms with Gasteiger partial charge in [-0.3, -0.25) is 10.1 Å². The van der Waals surface area contributed by atoms with E-state index in [0.717, 1.165) is 12.8 Å². The highest BCUT2D eigenvalue weighted by Gasteiger charge is 2.22. The molecule has 1 aromatic carbocycles. The zero-order valence-electron chi connectivity index (χ0n) is 10.8. The van der Waals surface area contributed by atoms with Crippen molar-refractivity contribution in [2.75, 3.05) is 13.2 Å². The summed E-state index contributed by atoms with van der Waals surface area (Å²) in [4.78, 5) is 10.4. The Morgan fingerprint density at radius 2 is 2.32 bits per heavy atom. The highest BCUT2D eigenvalue weighted by atomic mass is 16.6. The molecule has 19 heavy (non-hydrogen) atoms. The maximum atomic E-state index is 10.9. The maximum absolute atomic E-state index is 10.9. The molecule has 1 aliphatic carbocycles. The fourth-order valence-electron chi connectivity index (χ4n) is 1.80. The molecule has 2 rings (SSSR count). The van der Waals surface area contributed by atoms with Crippen LogP contribution in [0.3, 0.4) is 0 Å². The van der Waals surface area contributed by atoms with Crippen LogP contribution < -0.4 is 10.1 Å². The number of aryl methyl sites for hydroxylation is 1. The summed E-state index contributed by atoms with van der Waals surface area (Å²) in [5, 5.41) is 23.8. The van der Waals surface area contributed by atoms with Gasteiger partial charge in [-0.1, -0.05) is 12.1 Å². The van der Waals surface area contributed by atoms with Gasteiger partial charge in [-0.15, -0.1) is 0 Å². The molecule has 1 aliphatic rings. The van der Waals surface area contributed by atoms with Gasteiger partial charge in [0.25, 0.3) is 0 Å². The monoisotopic (exact) mass is 266 g/mol. The second-order valence-corrected chi connectivity index (χ2v) is 4.83. The van der Waals surface area contributed by atoms with Crippen LogP contribution in [0.25, 0.3) is 0 Å². The van der Waals surface area contributed by atoms with E-state index in [-0.39, 0.29) is 18.0 Å². The maximum Gasteiger partial charge on any atom is 0.311 e. The predicted octanol–water partition coefficient (Wildman–Crippen LogP) is 1.39. The van der Waals surface area contributed by atoms with Gasteiger partial charge in [0.1, 0.15) is 12.7 Å². The summed E-state index contributed by atoms with van der Waals surface area (Å²) in [6.45, 7) is 2.24. The number of nitrogens with zero attached hydrogens (tertiary/aromatic N) is 1. The molecular weight excluding hydrogens is 248 g/mol. The van der Waals surface area contributed by atoms with Crippen LogP contribution in [0, 0.1) is 17.0 Å². The van der Waals surface area contributed by atoms with Gasteiger partial charge < -0.3 is 15.2 Å². The van der Waals surface area contributed by atoms with E-state index >= 15 is 0 Å². The average Bonchev–Trinajstić information content (AvgIpc) is 3.18. The lowest BCUT2D eigenvalue weighted by atomic mass is 10.2. The second kappa shape index (κ2) is 5.99. The van der Waals surface area contributed by atoms with Gasteiger partial charge in [0.05, 0.1) is 4.92 Å². The number of nitrogens with one attached hydrogen (secondary N) is 1. The number of benzene rings is 1. The summed E-state index contributed by atoms with van der Waals surface area (Å²) in [5.74, 6) is 0.234. The summed E-state index contributed by atoms with van der Waals surface area (Å²) < 4.78 is 5.41. The molecular formula is C13H18N2O4. The number of para-hydroxylation sites is 1. The van der Waals surface area contributed by atoms with Crippen molar-refractivity contribution >= 4 is 5.69 Å². The van der Waals surface area contributed by atoms with E-state index < -0.39 is 11.0 Å². The molecule has 0 heterocycles. The summed E-state index contributed by atoms with van der Waals surface area (Å²) >= 11 is 0. The lowest BCUT2D eigenvalue weighted by molar-refractivity contribution is -0.386. The Balaban J connectivity index is 1.92. The zero-order valence-corrected chi connectivity index (χ0v) is 10.8. The molecule has 0 aliphatic heterocycles. The highest BCUT2D eigenvalue weighted by Crippen LogP contribution is 2.30. The summed E-state index contributed by atoms with van der Waals surface area (Å²) in [5.41, 5.74) is 0.624. The van der Waals surface area contributed by atoms with E-state index in [2.05, 4.69) is 5.32 Å². The quantitative estimate of drug-likeness (QED) is 0.575. The summed E-state index contributed by atoms with van der Waals surface area (Å²) in [7, 11) is 0. The summed E-state index contributed by atoms with van der Waals surface area (Å²) in [6, 6.07) is 5.28. The number of nitro benzene ring substituents is 1. The van der Waals surface area contributed by atoms with Crippen LogP contribution in [-0.2, 0) is 0 Å². The fourth-order valence-corrected chi connectivity index (χ4v) is 1.80. The topological polar surface area (TPSA) is 84.6 Å². The molecule has 104 valence electrons. The van der Waals surface area contributed by atoms with Crippen molar-refractivity contribution < 1.29 is 14.8 Å². The normalized spacial score (nSPS) is 16.1. The van der Waals surface area contributed by atoms with Crippen molar-refractivity contribution in [3.8, 4) is 5.75 Å². The first kappa shape index (κ1) is 13.8. The number of nitro groups is 1. The Labute approximate surface area is 111 Å². The highest BCUT2D eigenvalue weighted by molar-refractivity contribution is 5.51. The van der Waals surface area contributed by atoms with E-state index in [0.29, 0.717) is 18.2 Å². The Morgan fingerprint density at radius 1 is 1.58 bits per heavy atom. The Morgan fingerprint density at radius 3 is 2.95 bits per heavy atom. The minimum atomic E-state index is -0.667. The fraction of sp³-hybridized carbons (Fsp3) is 0.538. The predicted molar refractivity (Wildman–Crippen MR) is 70.4 cm³/mol. The van der Waals surface area contributed by atoms with Gasteiger partial charge in [-0.25, -0.2) is 0 Å². The van der Waals surface area contributed by atoms with Gasteiger partial charge in [-0.05, 0) is 25.3 Å². The van der Waals surface area contributed by atoms with Gasteiger partial charge in [0, 0.05) is 18.7 Å². The number of aliphatic hydroxyl groups is 1. The Kier molecular flexibility index (Phi) is 4.34. The molecule has 0 saturated heterocycles. The SMILES string of the molecule is Cc1cccc([N+](=O)[O-])c1OCC(O)CNC1CC1. The first-order valence-electron chi connectivity index (χ1n) is 6.36. The van der Waals surface area contributed by atoms with Crippen LogP contribution in [0.5, 0.6) is 5.75 Å². The molecule has 0 aromatic heterocycles. The third-order valence-electron chi connectivity index (χ3n) is 3.03. The minimum Gasteiger partial charge on any atom is -0.484 e. The second-order valence-electron chi connectivity index (χ2n) is 4.83. The lowest BCUT2D eigenvalue weighted by Crippen LogP contribution is -2.32. The third-order valence-corrected chi connectivity index (χ3v) is 3.03. The molecule has 1 fully saturated rings. The van der Waals surface area contributed by atoms with Crippen molar-refractivity contribution in [2.24, 2.45) is 0 Å². The largest absolute Gasteiger partial charge is 0.484 e.